The van der Waals surface area contributed by atoms with Crippen molar-refractivity contribution in [1.82, 2.24) is 5.32 Å². The quantitative estimate of drug-likeness (QED) is 0.719. The first-order valence-corrected chi connectivity index (χ1v) is 4.81. The van der Waals surface area contributed by atoms with Gasteiger partial charge >= 0.3 is 0 Å². The minimum atomic E-state index is -1.18. The monoisotopic (exact) mass is 195 g/mol. The maximum atomic E-state index is 13.9. The van der Waals surface area contributed by atoms with Crippen LogP contribution in [0.3, 0.4) is 0 Å². The van der Waals surface area contributed by atoms with Gasteiger partial charge in [-0.05, 0) is 37.6 Å². The number of rotatable bonds is 1. The van der Waals surface area contributed by atoms with Gasteiger partial charge in [-0.25, -0.2) is 4.39 Å². The van der Waals surface area contributed by atoms with Crippen molar-refractivity contribution in [2.75, 3.05) is 6.54 Å². The summed E-state index contributed by atoms with van der Waals surface area (Å²) in [6.07, 6.45) is 0.540. The molecule has 2 N–H and O–H groups in total. The van der Waals surface area contributed by atoms with E-state index in [-0.39, 0.29) is 11.8 Å². The molecule has 1 fully saturated rings. The fourth-order valence-corrected chi connectivity index (χ4v) is 1.95. The van der Waals surface area contributed by atoms with Crippen LogP contribution in [0.2, 0.25) is 0 Å². The molecule has 1 aromatic rings. The lowest BCUT2D eigenvalue weighted by molar-refractivity contribution is 0.168. The fraction of sp³-hybridized carbons (Fsp3) is 0.455. The van der Waals surface area contributed by atoms with Gasteiger partial charge in [-0.2, -0.15) is 0 Å². The Morgan fingerprint density at radius 2 is 2.07 bits per heavy atom. The van der Waals surface area contributed by atoms with Crippen LogP contribution in [0.1, 0.15) is 24.9 Å². The highest BCUT2D eigenvalue weighted by molar-refractivity contribution is 5.30. The molecular weight excluding hydrogens is 181 g/mol. The molecule has 0 aliphatic carbocycles. The molecule has 2 nitrogen and oxygen atoms in total. The van der Waals surface area contributed by atoms with E-state index < -0.39 is 5.67 Å². The number of hydrogen-bond donors (Lipinski definition) is 2. The zero-order valence-electron chi connectivity index (χ0n) is 8.13. The van der Waals surface area contributed by atoms with Gasteiger partial charge in [0.15, 0.2) is 0 Å². The second kappa shape index (κ2) is 3.24. The molecule has 0 spiro atoms. The Morgan fingerprint density at radius 1 is 1.43 bits per heavy atom. The van der Waals surface area contributed by atoms with Gasteiger partial charge in [-0.1, -0.05) is 12.1 Å². The molecule has 2 unspecified atom stereocenters. The standard InChI is InChI=1S/C11H14FNO/c1-11(12)6-7-13-10(11)8-2-4-9(14)5-3-8/h2-5,10,13-14H,6-7H2,1H3. The first-order chi connectivity index (χ1) is 6.59. The molecule has 1 aliphatic rings. The Morgan fingerprint density at radius 3 is 2.57 bits per heavy atom. The third-order valence-electron chi connectivity index (χ3n) is 2.79. The van der Waals surface area contributed by atoms with E-state index in [1.54, 1.807) is 31.2 Å². The van der Waals surface area contributed by atoms with Gasteiger partial charge < -0.3 is 10.4 Å². The summed E-state index contributed by atoms with van der Waals surface area (Å²) in [5.41, 5.74) is -0.290. The van der Waals surface area contributed by atoms with Crippen LogP contribution in [0, 0.1) is 0 Å². The van der Waals surface area contributed by atoms with E-state index in [2.05, 4.69) is 5.32 Å². The number of hydrogen-bond acceptors (Lipinski definition) is 2. The first kappa shape index (κ1) is 9.46. The van der Waals surface area contributed by atoms with Crippen molar-refractivity contribution in [1.29, 1.82) is 0 Å². The molecule has 1 saturated heterocycles. The number of aromatic hydroxyl groups is 1. The summed E-state index contributed by atoms with van der Waals surface area (Å²) in [6, 6.07) is 6.45. The smallest absolute Gasteiger partial charge is 0.128 e. The average molecular weight is 195 g/mol. The normalized spacial score (nSPS) is 32.0. The number of halogens is 1. The largest absolute Gasteiger partial charge is 0.508 e. The van der Waals surface area contributed by atoms with Crippen molar-refractivity contribution in [3.05, 3.63) is 29.8 Å². The first-order valence-electron chi connectivity index (χ1n) is 4.81. The van der Waals surface area contributed by atoms with Crippen LogP contribution in [0.15, 0.2) is 24.3 Å². The Labute approximate surface area is 82.8 Å². The van der Waals surface area contributed by atoms with E-state index in [1.807, 2.05) is 0 Å². The third-order valence-corrected chi connectivity index (χ3v) is 2.79. The van der Waals surface area contributed by atoms with Crippen LogP contribution >= 0.6 is 0 Å². The number of benzene rings is 1. The fourth-order valence-electron chi connectivity index (χ4n) is 1.95. The zero-order chi connectivity index (χ0) is 10.2. The lowest BCUT2D eigenvalue weighted by Crippen LogP contribution is -2.27. The van der Waals surface area contributed by atoms with E-state index >= 15 is 0 Å². The van der Waals surface area contributed by atoms with E-state index in [1.165, 1.54) is 0 Å². The molecule has 14 heavy (non-hydrogen) atoms. The number of phenolic OH excluding ortho intramolecular Hbond substituents is 1. The van der Waals surface area contributed by atoms with E-state index in [9.17, 15) is 4.39 Å². The van der Waals surface area contributed by atoms with E-state index in [0.717, 1.165) is 5.56 Å². The zero-order valence-corrected chi connectivity index (χ0v) is 8.13. The van der Waals surface area contributed by atoms with Crippen molar-refractivity contribution < 1.29 is 9.50 Å². The van der Waals surface area contributed by atoms with Crippen molar-refractivity contribution in [3.8, 4) is 5.75 Å². The lowest BCUT2D eigenvalue weighted by Gasteiger charge is -2.22. The van der Waals surface area contributed by atoms with Crippen molar-refractivity contribution >= 4 is 0 Å². The van der Waals surface area contributed by atoms with Crippen molar-refractivity contribution in [3.63, 3.8) is 0 Å². The summed E-state index contributed by atoms with van der Waals surface area (Å²) < 4.78 is 13.9. The molecule has 76 valence electrons. The van der Waals surface area contributed by atoms with E-state index in [4.69, 9.17) is 5.11 Å². The molecule has 2 rings (SSSR count). The summed E-state index contributed by atoms with van der Waals surface area (Å²) in [4.78, 5) is 0. The number of alkyl halides is 1. The van der Waals surface area contributed by atoms with Crippen LogP contribution in [0.25, 0.3) is 0 Å². The minimum absolute atomic E-state index is 0.215. The molecule has 0 aromatic heterocycles. The number of nitrogens with one attached hydrogen (secondary N) is 1. The van der Waals surface area contributed by atoms with Gasteiger partial charge in [0.25, 0.3) is 0 Å². The summed E-state index contributed by atoms with van der Waals surface area (Å²) >= 11 is 0. The third kappa shape index (κ3) is 1.60. The van der Waals surface area contributed by atoms with Crippen LogP contribution in [-0.4, -0.2) is 17.3 Å². The molecule has 1 heterocycles. The average Bonchev–Trinajstić information content (AvgIpc) is 2.47. The highest BCUT2D eigenvalue weighted by atomic mass is 19.1. The second-order valence-electron chi connectivity index (χ2n) is 4.01. The Kier molecular flexibility index (Phi) is 2.19. The van der Waals surface area contributed by atoms with Crippen LogP contribution in [-0.2, 0) is 0 Å². The Hall–Kier alpha value is -1.09. The van der Waals surface area contributed by atoms with Crippen molar-refractivity contribution in [2.24, 2.45) is 0 Å². The summed E-state index contributed by atoms with van der Waals surface area (Å²) in [6.45, 7) is 2.32. The number of phenols is 1. The van der Waals surface area contributed by atoms with Crippen molar-refractivity contribution in [2.45, 2.75) is 25.1 Å². The maximum Gasteiger partial charge on any atom is 0.128 e. The molecule has 2 atom stereocenters. The van der Waals surface area contributed by atoms with Gasteiger partial charge in [0.05, 0.1) is 6.04 Å². The lowest BCUT2D eigenvalue weighted by atomic mass is 9.93. The molecular formula is C11H14FNO. The van der Waals surface area contributed by atoms with Crippen LogP contribution in [0.4, 0.5) is 4.39 Å². The van der Waals surface area contributed by atoms with Gasteiger partial charge in [-0.3, -0.25) is 0 Å². The predicted octanol–water partition coefficient (Wildman–Crippen LogP) is 2.15. The van der Waals surface area contributed by atoms with Gasteiger partial charge in [0.2, 0.25) is 0 Å². The van der Waals surface area contributed by atoms with Gasteiger partial charge in [0.1, 0.15) is 11.4 Å². The Balaban J connectivity index is 2.27. The summed E-state index contributed by atoms with van der Waals surface area (Å²) in [5.74, 6) is 0.215. The van der Waals surface area contributed by atoms with Crippen LogP contribution in [0.5, 0.6) is 5.75 Å². The van der Waals surface area contributed by atoms with Gasteiger partial charge in [0, 0.05) is 0 Å². The molecule has 0 amide bonds. The van der Waals surface area contributed by atoms with Crippen LogP contribution < -0.4 is 5.32 Å². The molecule has 1 aromatic carbocycles. The summed E-state index contributed by atoms with van der Waals surface area (Å²) in [5, 5.41) is 12.2. The molecule has 0 bridgehead atoms. The SMILES string of the molecule is CC1(F)CCNC1c1ccc(O)cc1. The molecule has 1 aliphatic heterocycles. The second-order valence-corrected chi connectivity index (χ2v) is 4.01. The molecule has 0 saturated carbocycles. The van der Waals surface area contributed by atoms with Gasteiger partial charge in [-0.15, -0.1) is 0 Å². The minimum Gasteiger partial charge on any atom is -0.508 e. The molecule has 0 radical (unpaired) electrons. The maximum absolute atomic E-state index is 13.9. The Bertz CT molecular complexity index is 321. The topological polar surface area (TPSA) is 32.3 Å². The highest BCUT2D eigenvalue weighted by Crippen LogP contribution is 2.36. The van der Waals surface area contributed by atoms with E-state index in [0.29, 0.717) is 13.0 Å². The molecule has 3 heteroatoms. The predicted molar refractivity (Wildman–Crippen MR) is 53.0 cm³/mol. The highest BCUT2D eigenvalue weighted by Gasteiger charge is 2.39. The summed E-state index contributed by atoms with van der Waals surface area (Å²) in [7, 11) is 0.